The molecule has 0 aliphatic heterocycles. The number of nitrogens with zero attached hydrogens (tertiary/aromatic N) is 4. The van der Waals surface area contributed by atoms with E-state index in [4.69, 9.17) is 66.4 Å². The molecule has 7 aromatic carbocycles. The Morgan fingerprint density at radius 3 is 1.45 bits per heavy atom. The third kappa shape index (κ3) is 5.14. The number of hydrogen-bond acceptors (Lipinski definition) is 4. The number of furan rings is 1. The van der Waals surface area contributed by atoms with E-state index >= 15 is 0 Å². The Balaban J connectivity index is 1.24. The van der Waals surface area contributed by atoms with Crippen molar-refractivity contribution in [2.24, 2.45) is 0 Å². The highest BCUT2D eigenvalue weighted by Gasteiger charge is 2.27. The third-order valence-electron chi connectivity index (χ3n) is 10.5. The van der Waals surface area contributed by atoms with Crippen molar-refractivity contribution >= 4 is 124 Å². The zero-order valence-corrected chi connectivity index (χ0v) is 29.9. The first-order valence-electron chi connectivity index (χ1n) is 18.0. The van der Waals surface area contributed by atoms with Gasteiger partial charge in [0.2, 0.25) is 0 Å². The van der Waals surface area contributed by atoms with Crippen molar-refractivity contribution in [2.45, 2.75) is 0 Å². The van der Waals surface area contributed by atoms with E-state index in [2.05, 4.69) is 28.8 Å². The smallest absolute Gasteiger partial charge is 0.164 e. The van der Waals surface area contributed by atoms with Gasteiger partial charge in [0.15, 0.2) is 17.5 Å². The molecule has 3 heterocycles. The lowest BCUT2D eigenvalue weighted by Crippen LogP contribution is -2.41. The minimum atomic E-state index is 0.157. The maximum absolute atomic E-state index is 7.08. The second kappa shape index (κ2) is 13.1. The van der Waals surface area contributed by atoms with E-state index in [-0.39, 0.29) is 49.8 Å². The van der Waals surface area contributed by atoms with Crippen LogP contribution in [0.15, 0.2) is 138 Å². The molecule has 0 atom stereocenters. The molecule has 5 nitrogen and oxygen atoms in total. The standard InChI is InChI=1S/C45H22B6N4O/c46-34-31-32-40(55-29-17-9-7-15-27(29)28-16-8-10-18-30(28)55)38(50)37(49)39(51)42(32)56-41(31)36(48)33(35(34)47)45-53-43(25-13-5-2-6-14-25)52-44(54-45)26-21-19-24(20-22-26)23-11-3-1-4-12-23/h1-22H. The summed E-state index contributed by atoms with van der Waals surface area (Å²) in [7, 11) is 41.4. The van der Waals surface area contributed by atoms with Gasteiger partial charge in [-0.25, -0.2) is 15.0 Å². The Hall–Kier alpha value is -6.46. The molecule has 3 aromatic heterocycles. The van der Waals surface area contributed by atoms with E-state index in [0.29, 0.717) is 33.7 Å². The van der Waals surface area contributed by atoms with Gasteiger partial charge in [0.1, 0.15) is 58.2 Å². The fourth-order valence-electron chi connectivity index (χ4n) is 7.76. The fraction of sp³-hybridized carbons (Fsp3) is 0. The van der Waals surface area contributed by atoms with Gasteiger partial charge in [-0.2, -0.15) is 0 Å². The molecule has 11 heteroatoms. The van der Waals surface area contributed by atoms with Crippen LogP contribution in [0.4, 0.5) is 0 Å². The number of benzene rings is 7. The molecule has 246 valence electrons. The van der Waals surface area contributed by atoms with Gasteiger partial charge < -0.3 is 8.98 Å². The minimum Gasteiger partial charge on any atom is -0.457 e. The lowest BCUT2D eigenvalue weighted by Gasteiger charge is -2.19. The monoisotopic (exact) mass is 700 g/mol. The molecule has 10 rings (SSSR count). The summed E-state index contributed by atoms with van der Waals surface area (Å²) in [6.07, 6.45) is 0. The van der Waals surface area contributed by atoms with Crippen LogP contribution in [0, 0.1) is 0 Å². The highest BCUT2D eigenvalue weighted by Crippen LogP contribution is 2.37. The summed E-state index contributed by atoms with van der Waals surface area (Å²) in [4.78, 5) is 14.8. The largest absolute Gasteiger partial charge is 0.457 e. The molecule has 0 spiro atoms. The molecule has 0 unspecified atom stereocenters. The second-order valence-electron chi connectivity index (χ2n) is 13.7. The topological polar surface area (TPSA) is 56.7 Å². The molecule has 0 aliphatic carbocycles. The molecule has 0 bridgehead atoms. The summed E-state index contributed by atoms with van der Waals surface area (Å²) >= 11 is 0. The van der Waals surface area contributed by atoms with Gasteiger partial charge in [-0.05, 0) is 28.7 Å². The highest BCUT2D eigenvalue weighted by atomic mass is 16.3. The van der Waals surface area contributed by atoms with Crippen LogP contribution in [-0.2, 0) is 0 Å². The van der Waals surface area contributed by atoms with Gasteiger partial charge in [0.25, 0.3) is 0 Å². The SMILES string of the molecule is [B]c1c([B])c(-n2c3ccccc3c3ccccc32)c2c(oc3c([B])c(-c4nc(-c5ccccc5)nc(-c5ccc(-c6ccccc6)cc5)n4)c([B])c([B])c32)c1[B]. The van der Waals surface area contributed by atoms with Gasteiger partial charge in [0, 0.05) is 32.8 Å². The van der Waals surface area contributed by atoms with Crippen molar-refractivity contribution < 1.29 is 4.42 Å². The van der Waals surface area contributed by atoms with Crippen molar-refractivity contribution in [3.63, 3.8) is 0 Å². The summed E-state index contributed by atoms with van der Waals surface area (Å²) in [5, 5.41) is 3.03. The Labute approximate surface area is 330 Å². The lowest BCUT2D eigenvalue weighted by atomic mass is 9.68. The van der Waals surface area contributed by atoms with E-state index in [9.17, 15) is 0 Å². The molecule has 10 aromatic rings. The molecule has 0 amide bonds. The Kier molecular flexibility index (Phi) is 7.96. The summed E-state index contributed by atoms with van der Waals surface area (Å²) in [5.74, 6) is 1.08. The average molecular weight is 700 g/mol. The van der Waals surface area contributed by atoms with Crippen molar-refractivity contribution in [3.8, 4) is 51.0 Å². The zero-order chi connectivity index (χ0) is 38.2. The molecule has 0 fully saturated rings. The first-order chi connectivity index (χ1) is 27.3. The predicted octanol–water partition coefficient (Wildman–Crippen LogP) is 4.30. The van der Waals surface area contributed by atoms with Gasteiger partial charge in [0.05, 0.1) is 22.1 Å². The maximum atomic E-state index is 7.08. The van der Waals surface area contributed by atoms with Gasteiger partial charge >= 0.3 is 0 Å². The van der Waals surface area contributed by atoms with Crippen LogP contribution in [0.5, 0.6) is 0 Å². The van der Waals surface area contributed by atoms with Crippen molar-refractivity contribution in [2.75, 3.05) is 0 Å². The number of fused-ring (bicyclic) bond motifs is 6. The van der Waals surface area contributed by atoms with Gasteiger partial charge in [-0.15, -0.1) is 5.46 Å². The highest BCUT2D eigenvalue weighted by molar-refractivity contribution is 6.64. The molecule has 0 saturated heterocycles. The van der Waals surface area contributed by atoms with Crippen LogP contribution in [-0.4, -0.2) is 66.6 Å². The van der Waals surface area contributed by atoms with Crippen molar-refractivity contribution in [1.82, 2.24) is 19.5 Å². The quantitative estimate of drug-likeness (QED) is 0.252. The van der Waals surface area contributed by atoms with Crippen molar-refractivity contribution in [1.29, 1.82) is 0 Å². The number of para-hydroxylation sites is 2. The van der Waals surface area contributed by atoms with E-state index in [1.807, 2.05) is 109 Å². The number of aromatic nitrogens is 4. The van der Waals surface area contributed by atoms with E-state index < -0.39 is 0 Å². The van der Waals surface area contributed by atoms with Crippen LogP contribution in [0.2, 0.25) is 0 Å². The molecular formula is C45H22B6N4O. The van der Waals surface area contributed by atoms with Crippen LogP contribution < -0.4 is 32.8 Å². The number of rotatable bonds is 5. The Morgan fingerprint density at radius 1 is 0.375 bits per heavy atom. The molecule has 0 N–H and O–H groups in total. The molecule has 0 saturated carbocycles. The maximum Gasteiger partial charge on any atom is 0.164 e. The molecule has 0 aliphatic rings. The first kappa shape index (κ1) is 34.1. The van der Waals surface area contributed by atoms with Crippen LogP contribution in [0.25, 0.3) is 94.7 Å². The summed E-state index contributed by atoms with van der Waals surface area (Å²) in [5.41, 5.74) is 8.01. The molecular weight excluding hydrogens is 677 g/mol. The Bertz CT molecular complexity index is 3150. The normalized spacial score (nSPS) is 11.6. The number of hydrogen-bond donors (Lipinski definition) is 0. The summed E-state index contributed by atoms with van der Waals surface area (Å²) < 4.78 is 8.65. The van der Waals surface area contributed by atoms with Crippen LogP contribution in [0.3, 0.4) is 0 Å². The van der Waals surface area contributed by atoms with E-state index in [1.54, 1.807) is 0 Å². The molecule has 12 radical (unpaired) electrons. The Morgan fingerprint density at radius 2 is 0.839 bits per heavy atom. The summed E-state index contributed by atoms with van der Waals surface area (Å²) in [6, 6.07) is 43.9. The predicted molar refractivity (Wildman–Crippen MR) is 236 cm³/mol. The van der Waals surface area contributed by atoms with Crippen molar-refractivity contribution in [3.05, 3.63) is 133 Å². The lowest BCUT2D eigenvalue weighted by molar-refractivity contribution is 0.674. The van der Waals surface area contributed by atoms with E-state index in [1.165, 1.54) is 0 Å². The van der Waals surface area contributed by atoms with Gasteiger partial charge in [-0.3, -0.25) is 0 Å². The summed E-state index contributed by atoms with van der Waals surface area (Å²) in [6.45, 7) is 0. The first-order valence-corrected chi connectivity index (χ1v) is 18.0. The fourth-order valence-corrected chi connectivity index (χ4v) is 7.76. The van der Waals surface area contributed by atoms with E-state index in [0.717, 1.165) is 44.1 Å². The molecule has 56 heavy (non-hydrogen) atoms. The third-order valence-corrected chi connectivity index (χ3v) is 10.5. The zero-order valence-electron chi connectivity index (χ0n) is 29.9. The van der Waals surface area contributed by atoms with Gasteiger partial charge in [-0.1, -0.05) is 143 Å². The average Bonchev–Trinajstić information content (AvgIpc) is 3.81. The van der Waals surface area contributed by atoms with Crippen LogP contribution >= 0.6 is 0 Å². The minimum absolute atomic E-state index is 0.157. The van der Waals surface area contributed by atoms with Crippen LogP contribution in [0.1, 0.15) is 0 Å². The second-order valence-corrected chi connectivity index (χ2v) is 13.7.